The maximum Gasteiger partial charge on any atom is 0.321 e. The van der Waals surface area contributed by atoms with Crippen LogP contribution in [0.2, 0.25) is 0 Å². The molecule has 1 fully saturated rings. The third-order valence-corrected chi connectivity index (χ3v) is 4.29. The van der Waals surface area contributed by atoms with Crippen molar-refractivity contribution in [1.82, 2.24) is 4.90 Å². The van der Waals surface area contributed by atoms with Crippen LogP contribution in [0.25, 0.3) is 0 Å². The van der Waals surface area contributed by atoms with Crippen LogP contribution in [-0.4, -0.2) is 35.1 Å². The van der Waals surface area contributed by atoms with Crippen molar-refractivity contribution in [3.63, 3.8) is 0 Å². The number of aliphatic carboxylic acids is 1. The number of carboxylic acid groups (broad SMARTS) is 1. The zero-order chi connectivity index (χ0) is 12.3. The maximum atomic E-state index is 11.3. The van der Waals surface area contributed by atoms with Crippen molar-refractivity contribution in [3.05, 3.63) is 22.4 Å². The third kappa shape index (κ3) is 3.07. The Morgan fingerprint density at radius 1 is 1.65 bits per heavy atom. The Hall–Kier alpha value is -0.870. The Balaban J connectivity index is 1.95. The van der Waals surface area contributed by atoms with Gasteiger partial charge in [0.2, 0.25) is 0 Å². The Bertz CT molecular complexity index is 364. The minimum atomic E-state index is -0.664. The molecule has 94 valence electrons. The molecule has 1 aliphatic rings. The van der Waals surface area contributed by atoms with Crippen LogP contribution >= 0.6 is 11.3 Å². The summed E-state index contributed by atoms with van der Waals surface area (Å²) in [4.78, 5) is 13.4. The lowest BCUT2D eigenvalue weighted by Crippen LogP contribution is -2.49. The monoisotopic (exact) mass is 253 g/mol. The summed E-state index contributed by atoms with van der Waals surface area (Å²) < 4.78 is 0. The summed E-state index contributed by atoms with van der Waals surface area (Å²) in [6.07, 6.45) is 3.11. The molecule has 3 nitrogen and oxygen atoms in total. The predicted molar refractivity (Wildman–Crippen MR) is 69.4 cm³/mol. The second kappa shape index (κ2) is 5.65. The minimum absolute atomic E-state index is 0.267. The van der Waals surface area contributed by atoms with Crippen molar-refractivity contribution in [3.8, 4) is 0 Å². The summed E-state index contributed by atoms with van der Waals surface area (Å²) in [6, 6.07) is 1.83. The molecule has 1 N–H and O–H groups in total. The first-order valence-electron chi connectivity index (χ1n) is 6.16. The van der Waals surface area contributed by atoms with Crippen LogP contribution in [0.4, 0.5) is 0 Å². The number of hydrogen-bond donors (Lipinski definition) is 1. The summed E-state index contributed by atoms with van der Waals surface area (Å²) >= 11 is 1.70. The molecular formula is C13H19NO2S. The fourth-order valence-electron chi connectivity index (χ4n) is 2.63. The van der Waals surface area contributed by atoms with Crippen molar-refractivity contribution in [2.24, 2.45) is 5.92 Å². The SMILES string of the molecule is CC1CCCN(CCc2ccsc2)C1C(=O)O. The molecule has 0 aromatic carbocycles. The van der Waals surface area contributed by atoms with Gasteiger partial charge in [0.1, 0.15) is 6.04 Å². The molecule has 1 aromatic rings. The topological polar surface area (TPSA) is 40.5 Å². The number of likely N-dealkylation sites (tertiary alicyclic amines) is 1. The Morgan fingerprint density at radius 2 is 2.47 bits per heavy atom. The van der Waals surface area contributed by atoms with Crippen LogP contribution in [-0.2, 0) is 11.2 Å². The lowest BCUT2D eigenvalue weighted by atomic mass is 9.90. The second-order valence-electron chi connectivity index (χ2n) is 4.82. The molecular weight excluding hydrogens is 234 g/mol. The Labute approximate surface area is 106 Å². The van der Waals surface area contributed by atoms with E-state index in [9.17, 15) is 9.90 Å². The minimum Gasteiger partial charge on any atom is -0.480 e. The average Bonchev–Trinajstić information content (AvgIpc) is 2.78. The Kier molecular flexibility index (Phi) is 4.18. The van der Waals surface area contributed by atoms with Crippen molar-refractivity contribution in [2.75, 3.05) is 13.1 Å². The number of thiophene rings is 1. The van der Waals surface area contributed by atoms with Crippen LogP contribution in [0.5, 0.6) is 0 Å². The fraction of sp³-hybridized carbons (Fsp3) is 0.615. The van der Waals surface area contributed by atoms with Gasteiger partial charge in [-0.15, -0.1) is 0 Å². The molecule has 2 atom stereocenters. The molecule has 4 heteroatoms. The van der Waals surface area contributed by atoms with Gasteiger partial charge in [-0.3, -0.25) is 9.69 Å². The van der Waals surface area contributed by atoms with E-state index in [1.807, 2.05) is 0 Å². The van der Waals surface area contributed by atoms with Gasteiger partial charge in [0.25, 0.3) is 0 Å². The summed E-state index contributed by atoms with van der Waals surface area (Å²) in [5.41, 5.74) is 1.32. The van der Waals surface area contributed by atoms with Gasteiger partial charge in [0, 0.05) is 6.54 Å². The van der Waals surface area contributed by atoms with E-state index < -0.39 is 5.97 Å². The van der Waals surface area contributed by atoms with E-state index >= 15 is 0 Å². The largest absolute Gasteiger partial charge is 0.480 e. The van der Waals surface area contributed by atoms with Crippen molar-refractivity contribution in [2.45, 2.75) is 32.2 Å². The maximum absolute atomic E-state index is 11.3. The number of rotatable bonds is 4. The van der Waals surface area contributed by atoms with Crippen LogP contribution in [0, 0.1) is 5.92 Å². The molecule has 0 spiro atoms. The van der Waals surface area contributed by atoms with Crippen molar-refractivity contribution >= 4 is 17.3 Å². The molecule has 17 heavy (non-hydrogen) atoms. The van der Waals surface area contributed by atoms with E-state index in [1.54, 1.807) is 11.3 Å². The third-order valence-electron chi connectivity index (χ3n) is 3.56. The average molecular weight is 253 g/mol. The molecule has 0 aliphatic carbocycles. The van der Waals surface area contributed by atoms with E-state index in [0.717, 1.165) is 32.4 Å². The summed E-state index contributed by atoms with van der Waals surface area (Å²) in [5.74, 6) is -0.397. The van der Waals surface area contributed by atoms with Gasteiger partial charge in [-0.1, -0.05) is 6.92 Å². The number of carbonyl (C=O) groups is 1. The highest BCUT2D eigenvalue weighted by molar-refractivity contribution is 7.07. The highest BCUT2D eigenvalue weighted by Gasteiger charge is 2.33. The number of nitrogens with zero attached hydrogens (tertiary/aromatic N) is 1. The fourth-order valence-corrected chi connectivity index (χ4v) is 3.33. The van der Waals surface area contributed by atoms with Crippen LogP contribution in [0.3, 0.4) is 0 Å². The molecule has 1 aromatic heterocycles. The highest BCUT2D eigenvalue weighted by atomic mass is 32.1. The van der Waals surface area contributed by atoms with Gasteiger partial charge in [-0.05, 0) is 54.1 Å². The van der Waals surface area contributed by atoms with Crippen LogP contribution in [0.15, 0.2) is 16.8 Å². The predicted octanol–water partition coefficient (Wildman–Crippen LogP) is 2.48. The first-order valence-corrected chi connectivity index (χ1v) is 7.10. The molecule has 2 unspecified atom stereocenters. The lowest BCUT2D eigenvalue weighted by molar-refractivity contribution is -0.146. The molecule has 2 rings (SSSR count). The Morgan fingerprint density at radius 3 is 3.12 bits per heavy atom. The quantitative estimate of drug-likeness (QED) is 0.896. The van der Waals surface area contributed by atoms with E-state index in [2.05, 4.69) is 28.7 Å². The van der Waals surface area contributed by atoms with E-state index in [4.69, 9.17) is 0 Å². The molecule has 0 radical (unpaired) electrons. The van der Waals surface area contributed by atoms with Crippen LogP contribution < -0.4 is 0 Å². The first kappa shape index (κ1) is 12.6. The number of piperidine rings is 1. The van der Waals surface area contributed by atoms with Crippen molar-refractivity contribution in [1.29, 1.82) is 0 Å². The van der Waals surface area contributed by atoms with Crippen molar-refractivity contribution < 1.29 is 9.90 Å². The molecule has 0 saturated carbocycles. The highest BCUT2D eigenvalue weighted by Crippen LogP contribution is 2.23. The van der Waals surface area contributed by atoms with Gasteiger partial charge >= 0.3 is 5.97 Å². The zero-order valence-electron chi connectivity index (χ0n) is 10.1. The van der Waals surface area contributed by atoms with E-state index in [-0.39, 0.29) is 12.0 Å². The van der Waals surface area contributed by atoms with Gasteiger partial charge in [0.05, 0.1) is 0 Å². The standard InChI is InChI=1S/C13H19NO2S/c1-10-3-2-6-14(12(10)13(15)16)7-4-11-5-8-17-9-11/h5,8-10,12H,2-4,6-7H2,1H3,(H,15,16). The molecule has 0 amide bonds. The summed E-state index contributed by atoms with van der Waals surface area (Å²) in [7, 11) is 0. The first-order chi connectivity index (χ1) is 8.18. The summed E-state index contributed by atoms with van der Waals surface area (Å²) in [5, 5.41) is 13.5. The van der Waals surface area contributed by atoms with E-state index in [0.29, 0.717) is 0 Å². The summed E-state index contributed by atoms with van der Waals surface area (Å²) in [6.45, 7) is 3.83. The molecule has 1 saturated heterocycles. The zero-order valence-corrected chi connectivity index (χ0v) is 10.9. The second-order valence-corrected chi connectivity index (χ2v) is 5.60. The van der Waals surface area contributed by atoms with Gasteiger partial charge in [-0.25, -0.2) is 0 Å². The smallest absolute Gasteiger partial charge is 0.321 e. The van der Waals surface area contributed by atoms with Crippen LogP contribution in [0.1, 0.15) is 25.3 Å². The molecule has 0 bridgehead atoms. The van der Waals surface area contributed by atoms with Gasteiger partial charge in [0.15, 0.2) is 0 Å². The molecule has 1 aliphatic heterocycles. The lowest BCUT2D eigenvalue weighted by Gasteiger charge is -2.37. The number of hydrogen-bond acceptors (Lipinski definition) is 3. The normalized spacial score (nSPS) is 25.9. The van der Waals surface area contributed by atoms with E-state index in [1.165, 1.54) is 5.56 Å². The van der Waals surface area contributed by atoms with Gasteiger partial charge < -0.3 is 5.11 Å². The number of carboxylic acids is 1. The molecule has 2 heterocycles. The van der Waals surface area contributed by atoms with Gasteiger partial charge in [-0.2, -0.15) is 11.3 Å².